The second-order valence-corrected chi connectivity index (χ2v) is 4.14. The van der Waals surface area contributed by atoms with Gasteiger partial charge in [0.15, 0.2) is 0 Å². The molecule has 1 unspecified atom stereocenters. The first kappa shape index (κ1) is 11.6. The molecule has 0 saturated heterocycles. The van der Waals surface area contributed by atoms with E-state index >= 15 is 0 Å². The van der Waals surface area contributed by atoms with Gasteiger partial charge < -0.3 is 5.73 Å². The van der Waals surface area contributed by atoms with E-state index < -0.39 is 0 Å². The van der Waals surface area contributed by atoms with Gasteiger partial charge in [-0.3, -0.25) is 4.79 Å². The van der Waals surface area contributed by atoms with Gasteiger partial charge in [0.1, 0.15) is 6.29 Å². The van der Waals surface area contributed by atoms with E-state index in [4.69, 9.17) is 5.73 Å². The Hall–Kier alpha value is -1.93. The van der Waals surface area contributed by atoms with Crippen molar-refractivity contribution in [3.63, 3.8) is 0 Å². The van der Waals surface area contributed by atoms with Gasteiger partial charge in [-0.05, 0) is 24.1 Å². The maximum absolute atomic E-state index is 11.1. The van der Waals surface area contributed by atoms with E-state index in [9.17, 15) is 4.79 Å². The third-order valence-corrected chi connectivity index (χ3v) is 2.86. The zero-order valence-corrected chi connectivity index (χ0v) is 9.76. The number of aldehydes is 1. The van der Waals surface area contributed by atoms with Gasteiger partial charge in [0, 0.05) is 5.56 Å². The number of hydrogen-bond donors (Lipinski definition) is 1. The number of aryl methyl sites for hydroxylation is 1. The van der Waals surface area contributed by atoms with Crippen molar-refractivity contribution in [2.45, 2.75) is 13.0 Å². The van der Waals surface area contributed by atoms with Gasteiger partial charge in [0.05, 0.1) is 6.04 Å². The van der Waals surface area contributed by atoms with Gasteiger partial charge >= 0.3 is 0 Å². The highest BCUT2D eigenvalue weighted by molar-refractivity contribution is 5.78. The van der Waals surface area contributed by atoms with Crippen molar-refractivity contribution < 1.29 is 4.79 Å². The summed E-state index contributed by atoms with van der Waals surface area (Å²) in [5.74, 6) is 0. The van der Waals surface area contributed by atoms with E-state index in [1.807, 2.05) is 55.5 Å². The summed E-state index contributed by atoms with van der Waals surface area (Å²) in [4.78, 5) is 11.1. The molecule has 0 amide bonds. The lowest BCUT2D eigenvalue weighted by Gasteiger charge is -2.15. The fraction of sp³-hybridized carbons (Fsp3) is 0.133. The molecule has 1 atom stereocenters. The van der Waals surface area contributed by atoms with Crippen LogP contribution in [0, 0.1) is 6.92 Å². The fourth-order valence-electron chi connectivity index (χ4n) is 1.92. The summed E-state index contributed by atoms with van der Waals surface area (Å²) in [5, 5.41) is 0. The largest absolute Gasteiger partial charge is 0.320 e. The van der Waals surface area contributed by atoms with Crippen molar-refractivity contribution in [1.82, 2.24) is 0 Å². The molecule has 0 aliphatic rings. The Bertz CT molecular complexity index is 520. The average Bonchev–Trinajstić information content (AvgIpc) is 2.39. The summed E-state index contributed by atoms with van der Waals surface area (Å²) in [7, 11) is 0. The van der Waals surface area contributed by atoms with Crippen molar-refractivity contribution in [2.75, 3.05) is 0 Å². The van der Waals surface area contributed by atoms with Gasteiger partial charge in [-0.25, -0.2) is 0 Å². The van der Waals surface area contributed by atoms with Gasteiger partial charge in [0.2, 0.25) is 0 Å². The maximum Gasteiger partial charge on any atom is 0.150 e. The zero-order chi connectivity index (χ0) is 12.3. The summed E-state index contributed by atoms with van der Waals surface area (Å²) in [6, 6.07) is 15.3. The van der Waals surface area contributed by atoms with E-state index in [0.717, 1.165) is 23.0 Å². The third kappa shape index (κ3) is 2.43. The Kier molecular flexibility index (Phi) is 3.35. The molecule has 2 N–H and O–H groups in total. The van der Waals surface area contributed by atoms with Gasteiger partial charge in [-0.2, -0.15) is 0 Å². The summed E-state index contributed by atoms with van der Waals surface area (Å²) in [6.07, 6.45) is 0.866. The van der Waals surface area contributed by atoms with Crippen molar-refractivity contribution in [3.05, 3.63) is 70.8 Å². The molecule has 2 rings (SSSR count). The quantitative estimate of drug-likeness (QED) is 0.816. The minimum atomic E-state index is -0.253. The molecule has 2 aromatic rings. The lowest BCUT2D eigenvalue weighted by molar-refractivity contribution is 0.112. The van der Waals surface area contributed by atoms with Crippen LogP contribution in [-0.2, 0) is 0 Å². The van der Waals surface area contributed by atoms with Crippen LogP contribution in [-0.4, -0.2) is 6.29 Å². The van der Waals surface area contributed by atoms with Crippen LogP contribution in [0.4, 0.5) is 0 Å². The number of rotatable bonds is 3. The molecule has 86 valence electrons. The van der Waals surface area contributed by atoms with Crippen LogP contribution in [0.1, 0.15) is 33.1 Å². The Morgan fingerprint density at radius 2 is 1.82 bits per heavy atom. The summed E-state index contributed by atoms with van der Waals surface area (Å²) in [5.41, 5.74) is 9.80. The number of nitrogens with two attached hydrogens (primary N) is 1. The second-order valence-electron chi connectivity index (χ2n) is 4.14. The molecule has 0 saturated carbocycles. The molecule has 0 aliphatic carbocycles. The minimum Gasteiger partial charge on any atom is -0.320 e. The zero-order valence-electron chi connectivity index (χ0n) is 9.76. The SMILES string of the molecule is Cc1ccc(C(N)c2ccccc2)c(C=O)c1. The maximum atomic E-state index is 11.1. The lowest BCUT2D eigenvalue weighted by atomic mass is 9.94. The molecule has 17 heavy (non-hydrogen) atoms. The molecule has 2 aromatic carbocycles. The second kappa shape index (κ2) is 4.93. The minimum absolute atomic E-state index is 0.253. The smallest absolute Gasteiger partial charge is 0.150 e. The molecule has 2 heteroatoms. The predicted octanol–water partition coefficient (Wildman–Crippen LogP) is 2.86. The molecule has 0 radical (unpaired) electrons. The summed E-state index contributed by atoms with van der Waals surface area (Å²) < 4.78 is 0. The van der Waals surface area contributed by atoms with Crippen LogP contribution in [0.15, 0.2) is 48.5 Å². The molecule has 0 aromatic heterocycles. The van der Waals surface area contributed by atoms with Crippen molar-refractivity contribution in [3.8, 4) is 0 Å². The van der Waals surface area contributed by atoms with Crippen LogP contribution in [0.5, 0.6) is 0 Å². The van der Waals surface area contributed by atoms with Crippen LogP contribution in [0.2, 0.25) is 0 Å². The summed E-state index contributed by atoms with van der Waals surface area (Å²) >= 11 is 0. The molecule has 0 fully saturated rings. The molecule has 0 aliphatic heterocycles. The molecular weight excluding hydrogens is 210 g/mol. The highest BCUT2D eigenvalue weighted by Gasteiger charge is 2.12. The van der Waals surface area contributed by atoms with E-state index in [1.165, 1.54) is 0 Å². The topological polar surface area (TPSA) is 43.1 Å². The normalized spacial score (nSPS) is 12.1. The first-order valence-corrected chi connectivity index (χ1v) is 5.58. The van der Waals surface area contributed by atoms with Crippen molar-refractivity contribution in [2.24, 2.45) is 5.73 Å². The molecule has 0 spiro atoms. The van der Waals surface area contributed by atoms with E-state index in [2.05, 4.69) is 0 Å². The Balaban J connectivity index is 2.44. The number of carbonyl (C=O) groups is 1. The number of hydrogen-bond acceptors (Lipinski definition) is 2. The molecular formula is C15H15NO. The van der Waals surface area contributed by atoms with Crippen molar-refractivity contribution in [1.29, 1.82) is 0 Å². The first-order valence-electron chi connectivity index (χ1n) is 5.58. The van der Waals surface area contributed by atoms with E-state index in [0.29, 0.717) is 5.56 Å². The number of benzene rings is 2. The number of carbonyl (C=O) groups excluding carboxylic acids is 1. The average molecular weight is 225 g/mol. The van der Waals surface area contributed by atoms with Crippen LogP contribution >= 0.6 is 0 Å². The Morgan fingerprint density at radius 1 is 1.12 bits per heavy atom. The van der Waals surface area contributed by atoms with Gasteiger partial charge in [0.25, 0.3) is 0 Å². The van der Waals surface area contributed by atoms with Crippen LogP contribution in [0.3, 0.4) is 0 Å². The van der Waals surface area contributed by atoms with E-state index in [-0.39, 0.29) is 6.04 Å². The Morgan fingerprint density at radius 3 is 2.47 bits per heavy atom. The van der Waals surface area contributed by atoms with Crippen LogP contribution in [0.25, 0.3) is 0 Å². The highest BCUT2D eigenvalue weighted by atomic mass is 16.1. The fourth-order valence-corrected chi connectivity index (χ4v) is 1.92. The van der Waals surface area contributed by atoms with Crippen molar-refractivity contribution >= 4 is 6.29 Å². The summed E-state index contributed by atoms with van der Waals surface area (Å²) in [6.45, 7) is 1.96. The third-order valence-electron chi connectivity index (χ3n) is 2.86. The first-order chi connectivity index (χ1) is 8.22. The van der Waals surface area contributed by atoms with Gasteiger partial charge in [-0.15, -0.1) is 0 Å². The van der Waals surface area contributed by atoms with E-state index in [1.54, 1.807) is 0 Å². The highest BCUT2D eigenvalue weighted by Crippen LogP contribution is 2.22. The predicted molar refractivity (Wildman–Crippen MR) is 69.0 cm³/mol. The molecule has 2 nitrogen and oxygen atoms in total. The standard InChI is InChI=1S/C15H15NO/c1-11-7-8-14(13(9-11)10-17)15(16)12-5-3-2-4-6-12/h2-10,15H,16H2,1H3. The van der Waals surface area contributed by atoms with Crippen LogP contribution < -0.4 is 5.73 Å². The lowest BCUT2D eigenvalue weighted by Crippen LogP contribution is -2.14. The molecule has 0 heterocycles. The Labute approximate surface area is 101 Å². The monoisotopic (exact) mass is 225 g/mol. The molecule has 0 bridgehead atoms. The van der Waals surface area contributed by atoms with Gasteiger partial charge in [-0.1, -0.05) is 48.0 Å².